The first-order valence-corrected chi connectivity index (χ1v) is 5.27. The Bertz CT molecular complexity index is 299. The quantitative estimate of drug-likeness (QED) is 0.837. The number of nitrogens with one attached hydrogen (secondary N) is 1. The first-order valence-electron chi connectivity index (χ1n) is 5.27. The van der Waals surface area contributed by atoms with Gasteiger partial charge in [0.1, 0.15) is 5.82 Å². The van der Waals surface area contributed by atoms with Crippen molar-refractivity contribution in [1.82, 2.24) is 5.32 Å². The van der Waals surface area contributed by atoms with Crippen LogP contribution in [0.1, 0.15) is 24.8 Å². The molecule has 1 aromatic carbocycles. The van der Waals surface area contributed by atoms with Gasteiger partial charge in [-0.05, 0) is 49.0 Å². The van der Waals surface area contributed by atoms with E-state index in [9.17, 15) is 4.39 Å². The van der Waals surface area contributed by atoms with Gasteiger partial charge in [-0.15, -0.1) is 12.4 Å². The van der Waals surface area contributed by atoms with Crippen LogP contribution in [0.15, 0.2) is 24.3 Å². The van der Waals surface area contributed by atoms with Gasteiger partial charge in [-0.1, -0.05) is 19.1 Å². The molecule has 0 saturated heterocycles. The van der Waals surface area contributed by atoms with Crippen molar-refractivity contribution in [2.75, 3.05) is 13.1 Å². The zero-order valence-electron chi connectivity index (χ0n) is 8.87. The minimum atomic E-state index is -0.141. The van der Waals surface area contributed by atoms with E-state index in [1.807, 2.05) is 12.1 Å². The Hall–Kier alpha value is -0.600. The van der Waals surface area contributed by atoms with Gasteiger partial charge in [0.05, 0.1) is 0 Å². The molecule has 84 valence electrons. The number of rotatable bonds is 4. The summed E-state index contributed by atoms with van der Waals surface area (Å²) in [6, 6.07) is 6.92. The van der Waals surface area contributed by atoms with Gasteiger partial charge in [-0.25, -0.2) is 4.39 Å². The summed E-state index contributed by atoms with van der Waals surface area (Å²) >= 11 is 0. The van der Waals surface area contributed by atoms with Crippen LogP contribution in [-0.2, 0) is 0 Å². The second kappa shape index (κ2) is 5.47. The SMILES string of the molecule is CCNCC1CC1c1ccc(F)cc1.Cl. The number of halogens is 2. The molecule has 2 atom stereocenters. The van der Waals surface area contributed by atoms with E-state index in [1.165, 1.54) is 12.0 Å². The summed E-state index contributed by atoms with van der Waals surface area (Å²) in [7, 11) is 0. The topological polar surface area (TPSA) is 12.0 Å². The normalized spacial score (nSPS) is 23.3. The third-order valence-corrected chi connectivity index (χ3v) is 2.88. The highest BCUT2D eigenvalue weighted by atomic mass is 35.5. The van der Waals surface area contributed by atoms with Gasteiger partial charge in [-0.3, -0.25) is 0 Å². The van der Waals surface area contributed by atoms with Gasteiger partial charge in [0.2, 0.25) is 0 Å². The van der Waals surface area contributed by atoms with Crippen LogP contribution in [0.5, 0.6) is 0 Å². The Labute approximate surface area is 96.5 Å². The molecule has 3 heteroatoms. The molecular weight excluding hydrogens is 213 g/mol. The summed E-state index contributed by atoms with van der Waals surface area (Å²) in [6.45, 7) is 4.25. The molecule has 0 aromatic heterocycles. The smallest absolute Gasteiger partial charge is 0.123 e. The largest absolute Gasteiger partial charge is 0.317 e. The van der Waals surface area contributed by atoms with E-state index in [0.29, 0.717) is 5.92 Å². The maximum absolute atomic E-state index is 12.7. The first-order chi connectivity index (χ1) is 6.81. The molecule has 2 unspecified atom stereocenters. The monoisotopic (exact) mass is 229 g/mol. The third-order valence-electron chi connectivity index (χ3n) is 2.88. The maximum Gasteiger partial charge on any atom is 0.123 e. The Kier molecular flexibility index (Phi) is 4.55. The highest BCUT2D eigenvalue weighted by Crippen LogP contribution is 2.46. The molecule has 1 fully saturated rings. The van der Waals surface area contributed by atoms with Crippen molar-refractivity contribution < 1.29 is 4.39 Å². The van der Waals surface area contributed by atoms with Crippen LogP contribution < -0.4 is 5.32 Å². The average Bonchev–Trinajstić information content (AvgIpc) is 2.95. The van der Waals surface area contributed by atoms with Crippen LogP contribution >= 0.6 is 12.4 Å². The van der Waals surface area contributed by atoms with Gasteiger partial charge in [0, 0.05) is 0 Å². The molecule has 0 spiro atoms. The Morgan fingerprint density at radius 1 is 1.33 bits per heavy atom. The van der Waals surface area contributed by atoms with Crippen LogP contribution in [0.3, 0.4) is 0 Å². The lowest BCUT2D eigenvalue weighted by molar-refractivity contribution is 0.625. The van der Waals surface area contributed by atoms with Gasteiger partial charge in [-0.2, -0.15) is 0 Å². The summed E-state index contributed by atoms with van der Waals surface area (Å²) in [5.41, 5.74) is 1.29. The zero-order chi connectivity index (χ0) is 9.97. The van der Waals surface area contributed by atoms with E-state index in [4.69, 9.17) is 0 Å². The summed E-state index contributed by atoms with van der Waals surface area (Å²) in [6.07, 6.45) is 1.25. The Morgan fingerprint density at radius 2 is 2.00 bits per heavy atom. The molecule has 1 aliphatic carbocycles. The summed E-state index contributed by atoms with van der Waals surface area (Å²) in [5, 5.41) is 3.35. The van der Waals surface area contributed by atoms with E-state index in [0.717, 1.165) is 19.0 Å². The predicted octanol–water partition coefficient (Wildman–Crippen LogP) is 2.96. The fraction of sp³-hybridized carbons (Fsp3) is 0.500. The van der Waals surface area contributed by atoms with E-state index in [2.05, 4.69) is 12.2 Å². The molecule has 0 amide bonds. The third kappa shape index (κ3) is 3.18. The van der Waals surface area contributed by atoms with Crippen molar-refractivity contribution in [2.45, 2.75) is 19.3 Å². The molecule has 0 heterocycles. The summed E-state index contributed by atoms with van der Waals surface area (Å²) in [4.78, 5) is 0. The van der Waals surface area contributed by atoms with Crippen molar-refractivity contribution in [3.8, 4) is 0 Å². The Balaban J connectivity index is 0.00000112. The van der Waals surface area contributed by atoms with Gasteiger partial charge in [0.25, 0.3) is 0 Å². The van der Waals surface area contributed by atoms with Crippen LogP contribution in [0.25, 0.3) is 0 Å². The molecule has 0 bridgehead atoms. The minimum absolute atomic E-state index is 0. The number of benzene rings is 1. The lowest BCUT2D eigenvalue weighted by Crippen LogP contribution is -2.16. The van der Waals surface area contributed by atoms with Gasteiger partial charge in [0.15, 0.2) is 0 Å². The molecule has 2 rings (SSSR count). The zero-order valence-corrected chi connectivity index (χ0v) is 9.69. The fourth-order valence-electron chi connectivity index (χ4n) is 1.92. The molecule has 1 N–H and O–H groups in total. The second-order valence-corrected chi connectivity index (χ2v) is 3.96. The Morgan fingerprint density at radius 3 is 2.60 bits per heavy atom. The van der Waals surface area contributed by atoms with Crippen molar-refractivity contribution in [3.05, 3.63) is 35.6 Å². The van der Waals surface area contributed by atoms with Crippen LogP contribution in [0, 0.1) is 11.7 Å². The van der Waals surface area contributed by atoms with E-state index >= 15 is 0 Å². The molecule has 1 nitrogen and oxygen atoms in total. The fourth-order valence-corrected chi connectivity index (χ4v) is 1.92. The van der Waals surface area contributed by atoms with Crippen molar-refractivity contribution in [1.29, 1.82) is 0 Å². The average molecular weight is 230 g/mol. The lowest BCUT2D eigenvalue weighted by Gasteiger charge is -2.01. The van der Waals surface area contributed by atoms with Crippen molar-refractivity contribution >= 4 is 12.4 Å². The first kappa shape index (κ1) is 12.5. The number of hydrogen-bond donors (Lipinski definition) is 1. The van der Waals surface area contributed by atoms with Crippen LogP contribution in [0.2, 0.25) is 0 Å². The summed E-state index contributed by atoms with van der Waals surface area (Å²) < 4.78 is 12.7. The molecule has 1 aliphatic rings. The number of hydrogen-bond acceptors (Lipinski definition) is 1. The molecule has 15 heavy (non-hydrogen) atoms. The van der Waals surface area contributed by atoms with Gasteiger partial charge < -0.3 is 5.32 Å². The molecular formula is C12H17ClFN. The van der Waals surface area contributed by atoms with Crippen molar-refractivity contribution in [3.63, 3.8) is 0 Å². The second-order valence-electron chi connectivity index (χ2n) is 3.96. The minimum Gasteiger partial charge on any atom is -0.317 e. The van der Waals surface area contributed by atoms with Crippen LogP contribution in [-0.4, -0.2) is 13.1 Å². The molecule has 1 aromatic rings. The molecule has 1 saturated carbocycles. The van der Waals surface area contributed by atoms with Gasteiger partial charge >= 0.3 is 0 Å². The van der Waals surface area contributed by atoms with Crippen LogP contribution in [0.4, 0.5) is 4.39 Å². The highest BCUT2D eigenvalue weighted by Gasteiger charge is 2.37. The van der Waals surface area contributed by atoms with E-state index in [1.54, 1.807) is 12.1 Å². The van der Waals surface area contributed by atoms with E-state index in [-0.39, 0.29) is 18.2 Å². The van der Waals surface area contributed by atoms with E-state index < -0.39 is 0 Å². The predicted molar refractivity (Wildman–Crippen MR) is 63.0 cm³/mol. The lowest BCUT2D eigenvalue weighted by atomic mass is 10.1. The molecule has 0 aliphatic heterocycles. The standard InChI is InChI=1S/C12H16FN.ClH/c1-2-14-8-10-7-12(10)9-3-5-11(13)6-4-9;/h3-6,10,12,14H,2,7-8H2,1H3;1H. The maximum atomic E-state index is 12.7. The highest BCUT2D eigenvalue weighted by molar-refractivity contribution is 5.85. The molecule has 0 radical (unpaired) electrons. The van der Waals surface area contributed by atoms with Crippen molar-refractivity contribution in [2.24, 2.45) is 5.92 Å². The summed E-state index contributed by atoms with van der Waals surface area (Å²) in [5.74, 6) is 1.28.